The Morgan fingerprint density at radius 1 is 1.25 bits per heavy atom. The molecule has 1 aromatic heterocycles. The van der Waals surface area contributed by atoms with Crippen molar-refractivity contribution in [2.75, 3.05) is 5.32 Å². The molecule has 8 heteroatoms. The first-order valence-corrected chi connectivity index (χ1v) is 5.34. The summed E-state index contributed by atoms with van der Waals surface area (Å²) in [7, 11) is 0. The van der Waals surface area contributed by atoms with Crippen molar-refractivity contribution in [1.29, 1.82) is 0 Å². The topological polar surface area (TPSA) is 85.1 Å². The number of aromatic nitrogens is 1. The van der Waals surface area contributed by atoms with E-state index in [2.05, 4.69) is 10.3 Å². The van der Waals surface area contributed by atoms with Gasteiger partial charge in [-0.2, -0.15) is 4.39 Å². The minimum absolute atomic E-state index is 0.134. The summed E-state index contributed by atoms with van der Waals surface area (Å²) in [6.45, 7) is 0. The molecule has 2 rings (SSSR count). The maximum Gasteiger partial charge on any atom is 0.282 e. The number of rotatable bonds is 3. The molecule has 6 nitrogen and oxygen atoms in total. The number of carbonyl (C=O) groups excluding carboxylic acids is 1. The number of nitrogens with zero attached hydrogens (tertiary/aromatic N) is 2. The van der Waals surface area contributed by atoms with E-state index in [0.717, 1.165) is 30.5 Å². The molecular weight excluding hydrogens is 272 g/mol. The molecule has 1 heterocycles. The molecule has 0 saturated heterocycles. The minimum atomic E-state index is -0.885. The van der Waals surface area contributed by atoms with Gasteiger partial charge in [-0.05, 0) is 24.3 Å². The SMILES string of the molecule is O=C(Nc1ccc(F)nc1)c1cc(F)ccc1[N+](=O)[O-]. The molecule has 0 saturated carbocycles. The fraction of sp³-hybridized carbons (Fsp3) is 0. The van der Waals surface area contributed by atoms with Crippen LogP contribution < -0.4 is 5.32 Å². The molecule has 0 aliphatic rings. The summed E-state index contributed by atoms with van der Waals surface area (Å²) in [6.07, 6.45) is 1.04. The van der Waals surface area contributed by atoms with Crippen LogP contribution in [0.4, 0.5) is 20.2 Å². The highest BCUT2D eigenvalue weighted by Crippen LogP contribution is 2.20. The van der Waals surface area contributed by atoms with Gasteiger partial charge in [-0.25, -0.2) is 9.37 Å². The molecule has 0 fully saturated rings. The molecule has 20 heavy (non-hydrogen) atoms. The van der Waals surface area contributed by atoms with Crippen molar-refractivity contribution >= 4 is 17.3 Å². The fourth-order valence-corrected chi connectivity index (χ4v) is 1.50. The number of carbonyl (C=O) groups is 1. The van der Waals surface area contributed by atoms with Crippen LogP contribution in [0.5, 0.6) is 0 Å². The molecule has 1 N–H and O–H groups in total. The summed E-state index contributed by atoms with van der Waals surface area (Å²) in [5.74, 6) is -2.40. The van der Waals surface area contributed by atoms with Crippen LogP contribution >= 0.6 is 0 Å². The molecule has 0 unspecified atom stereocenters. The summed E-state index contributed by atoms with van der Waals surface area (Å²) in [5, 5.41) is 13.0. The molecule has 0 radical (unpaired) electrons. The van der Waals surface area contributed by atoms with Crippen molar-refractivity contribution in [1.82, 2.24) is 4.98 Å². The molecule has 1 amide bonds. The highest BCUT2D eigenvalue weighted by molar-refractivity contribution is 6.06. The van der Waals surface area contributed by atoms with Gasteiger partial charge in [0.15, 0.2) is 0 Å². The van der Waals surface area contributed by atoms with E-state index in [1.807, 2.05) is 0 Å². The van der Waals surface area contributed by atoms with Gasteiger partial charge in [0.25, 0.3) is 11.6 Å². The third-order valence-electron chi connectivity index (χ3n) is 2.39. The predicted octanol–water partition coefficient (Wildman–Crippen LogP) is 2.52. The summed E-state index contributed by atoms with van der Waals surface area (Å²) in [6, 6.07) is 4.77. The largest absolute Gasteiger partial charge is 0.320 e. The van der Waals surface area contributed by atoms with Crippen molar-refractivity contribution < 1.29 is 18.5 Å². The van der Waals surface area contributed by atoms with Crippen LogP contribution in [-0.2, 0) is 0 Å². The predicted molar refractivity (Wildman–Crippen MR) is 65.2 cm³/mol. The summed E-state index contributed by atoms with van der Waals surface area (Å²) in [5.41, 5.74) is -0.826. The van der Waals surface area contributed by atoms with Crippen LogP contribution in [-0.4, -0.2) is 15.8 Å². The highest BCUT2D eigenvalue weighted by atomic mass is 19.1. The van der Waals surface area contributed by atoms with Crippen LogP contribution in [0.2, 0.25) is 0 Å². The zero-order chi connectivity index (χ0) is 14.7. The fourth-order valence-electron chi connectivity index (χ4n) is 1.50. The molecule has 0 spiro atoms. The number of pyridine rings is 1. The van der Waals surface area contributed by atoms with Crippen molar-refractivity contribution in [2.24, 2.45) is 0 Å². The molecule has 102 valence electrons. The molecule has 1 aromatic carbocycles. The third kappa shape index (κ3) is 2.91. The summed E-state index contributed by atoms with van der Waals surface area (Å²) in [4.78, 5) is 25.2. The van der Waals surface area contributed by atoms with E-state index in [9.17, 15) is 23.7 Å². The Kier molecular flexibility index (Phi) is 3.65. The molecule has 0 atom stereocenters. The van der Waals surface area contributed by atoms with Gasteiger partial charge >= 0.3 is 0 Å². The zero-order valence-corrected chi connectivity index (χ0v) is 9.84. The normalized spacial score (nSPS) is 10.1. The second-order valence-electron chi connectivity index (χ2n) is 3.74. The van der Waals surface area contributed by atoms with Crippen molar-refractivity contribution in [2.45, 2.75) is 0 Å². The number of nitrogens with one attached hydrogen (secondary N) is 1. The Morgan fingerprint density at radius 2 is 2.00 bits per heavy atom. The second-order valence-corrected chi connectivity index (χ2v) is 3.74. The van der Waals surface area contributed by atoms with Gasteiger partial charge in [-0.3, -0.25) is 14.9 Å². The van der Waals surface area contributed by atoms with Gasteiger partial charge in [0.05, 0.1) is 16.8 Å². The average Bonchev–Trinajstić information content (AvgIpc) is 2.41. The second kappa shape index (κ2) is 5.39. The minimum Gasteiger partial charge on any atom is -0.320 e. The lowest BCUT2D eigenvalue weighted by atomic mass is 10.1. The lowest BCUT2D eigenvalue weighted by Crippen LogP contribution is -2.14. The number of benzene rings is 1. The lowest BCUT2D eigenvalue weighted by molar-refractivity contribution is -0.385. The Hall–Kier alpha value is -2.90. The average molecular weight is 279 g/mol. The first kappa shape index (κ1) is 13.5. The Bertz CT molecular complexity index is 674. The standard InChI is InChI=1S/C12H7F2N3O3/c13-7-1-3-10(17(19)20)9(5-7)12(18)16-8-2-4-11(14)15-6-8/h1-6H,(H,16,18). The monoisotopic (exact) mass is 279 g/mol. The quantitative estimate of drug-likeness (QED) is 0.531. The van der Waals surface area contributed by atoms with Gasteiger partial charge in [0.1, 0.15) is 11.4 Å². The highest BCUT2D eigenvalue weighted by Gasteiger charge is 2.21. The van der Waals surface area contributed by atoms with Crippen LogP contribution in [0.1, 0.15) is 10.4 Å². The Balaban J connectivity index is 2.31. The van der Waals surface area contributed by atoms with Crippen LogP contribution in [0, 0.1) is 21.9 Å². The van der Waals surface area contributed by atoms with Crippen LogP contribution in [0.25, 0.3) is 0 Å². The van der Waals surface area contributed by atoms with Gasteiger partial charge in [-0.15, -0.1) is 0 Å². The number of hydrogen-bond acceptors (Lipinski definition) is 4. The van der Waals surface area contributed by atoms with E-state index in [-0.39, 0.29) is 5.69 Å². The van der Waals surface area contributed by atoms with E-state index >= 15 is 0 Å². The molecular formula is C12H7F2N3O3. The summed E-state index contributed by atoms with van der Waals surface area (Å²) >= 11 is 0. The van der Waals surface area contributed by atoms with E-state index in [1.54, 1.807) is 0 Å². The van der Waals surface area contributed by atoms with Crippen molar-refractivity contribution in [3.63, 3.8) is 0 Å². The Labute approximate surface area is 111 Å². The zero-order valence-electron chi connectivity index (χ0n) is 9.84. The number of anilines is 1. The first-order valence-electron chi connectivity index (χ1n) is 5.34. The van der Waals surface area contributed by atoms with Crippen molar-refractivity contribution in [3.8, 4) is 0 Å². The van der Waals surface area contributed by atoms with Crippen LogP contribution in [0.15, 0.2) is 36.5 Å². The van der Waals surface area contributed by atoms with E-state index in [0.29, 0.717) is 0 Å². The van der Waals surface area contributed by atoms with Gasteiger partial charge < -0.3 is 5.32 Å². The van der Waals surface area contributed by atoms with E-state index in [1.165, 1.54) is 6.07 Å². The summed E-state index contributed by atoms with van der Waals surface area (Å²) < 4.78 is 25.7. The van der Waals surface area contributed by atoms with Gasteiger partial charge in [-0.1, -0.05) is 0 Å². The van der Waals surface area contributed by atoms with E-state index in [4.69, 9.17) is 0 Å². The van der Waals surface area contributed by atoms with E-state index < -0.39 is 33.8 Å². The first-order chi connectivity index (χ1) is 9.47. The lowest BCUT2D eigenvalue weighted by Gasteiger charge is -2.05. The number of amides is 1. The maximum atomic E-state index is 13.1. The van der Waals surface area contributed by atoms with Crippen LogP contribution in [0.3, 0.4) is 0 Å². The molecule has 2 aromatic rings. The van der Waals surface area contributed by atoms with Gasteiger partial charge in [0, 0.05) is 6.07 Å². The maximum absolute atomic E-state index is 13.1. The number of halogens is 2. The molecule has 0 aliphatic carbocycles. The number of hydrogen-bond donors (Lipinski definition) is 1. The van der Waals surface area contributed by atoms with Crippen molar-refractivity contribution in [3.05, 3.63) is 64.0 Å². The third-order valence-corrected chi connectivity index (χ3v) is 2.39. The molecule has 0 bridgehead atoms. The number of nitro groups is 1. The Morgan fingerprint density at radius 3 is 2.60 bits per heavy atom. The number of nitro benzene ring substituents is 1. The van der Waals surface area contributed by atoms with Gasteiger partial charge in [0.2, 0.25) is 5.95 Å². The molecule has 0 aliphatic heterocycles. The smallest absolute Gasteiger partial charge is 0.282 e.